The van der Waals surface area contributed by atoms with Gasteiger partial charge in [-0.25, -0.2) is 4.98 Å². The van der Waals surface area contributed by atoms with Gasteiger partial charge in [-0.1, -0.05) is 42.5 Å². The van der Waals surface area contributed by atoms with Gasteiger partial charge in [0, 0.05) is 6.20 Å². The molecule has 82 valence electrons. The Kier molecular flexibility index (Phi) is 5.42. The Bertz CT molecular complexity index is 396. The monoisotopic (exact) mass is 212 g/mol. The molecule has 2 rings (SSSR count). The molecule has 0 aliphatic heterocycles. The van der Waals surface area contributed by atoms with E-state index < -0.39 is 0 Å². The topological polar surface area (TPSA) is 38.9 Å². The van der Waals surface area contributed by atoms with E-state index in [9.17, 15) is 0 Å². The van der Waals surface area contributed by atoms with Crippen molar-refractivity contribution in [1.29, 1.82) is 0 Å². The van der Waals surface area contributed by atoms with Crippen LogP contribution in [0, 0.1) is 0 Å². The van der Waals surface area contributed by atoms with E-state index in [1.54, 1.807) is 12.3 Å². The van der Waals surface area contributed by atoms with Gasteiger partial charge in [0.2, 0.25) is 0 Å². The number of hydrogen-bond acceptors (Lipinski definition) is 2. The number of nitrogen functional groups attached to an aromatic ring is 1. The fourth-order valence-electron chi connectivity index (χ4n) is 1.16. The zero-order chi connectivity index (χ0) is 11.6. The highest BCUT2D eigenvalue weighted by atomic mass is 14.8. The van der Waals surface area contributed by atoms with Crippen LogP contribution in [0.1, 0.15) is 5.56 Å². The predicted octanol–water partition coefficient (Wildman–Crippen LogP) is 3.08. The van der Waals surface area contributed by atoms with Crippen LogP contribution in [0.2, 0.25) is 0 Å². The highest BCUT2D eigenvalue weighted by Gasteiger charge is 1.82. The minimum Gasteiger partial charge on any atom is -0.384 e. The number of anilines is 1. The van der Waals surface area contributed by atoms with Gasteiger partial charge in [-0.15, -0.1) is 6.58 Å². The fraction of sp³-hybridized carbons (Fsp3) is 0.0714. The molecule has 0 aliphatic carbocycles. The number of nitrogens with two attached hydrogens (primary N) is 1. The number of benzene rings is 1. The zero-order valence-electron chi connectivity index (χ0n) is 9.21. The summed E-state index contributed by atoms with van der Waals surface area (Å²) in [7, 11) is 0. The van der Waals surface area contributed by atoms with Crippen molar-refractivity contribution in [3.05, 3.63) is 72.9 Å². The quantitative estimate of drug-likeness (QED) is 0.777. The maximum absolute atomic E-state index is 5.25. The van der Waals surface area contributed by atoms with Crippen molar-refractivity contribution in [1.82, 2.24) is 4.98 Å². The van der Waals surface area contributed by atoms with Gasteiger partial charge >= 0.3 is 0 Å². The molecule has 0 saturated heterocycles. The van der Waals surface area contributed by atoms with E-state index >= 15 is 0 Å². The van der Waals surface area contributed by atoms with Gasteiger partial charge in [0.05, 0.1) is 0 Å². The Hall–Kier alpha value is -2.09. The second-order valence-corrected chi connectivity index (χ2v) is 3.23. The molecule has 2 N–H and O–H groups in total. The minimum atomic E-state index is 0.572. The second kappa shape index (κ2) is 7.23. The number of rotatable bonds is 2. The van der Waals surface area contributed by atoms with E-state index in [4.69, 9.17) is 5.73 Å². The summed E-state index contributed by atoms with van der Waals surface area (Å²) in [5.41, 5.74) is 6.57. The molecule has 0 aliphatic rings. The molecule has 0 saturated carbocycles. The molecule has 1 aromatic carbocycles. The molecule has 2 heteroatoms. The Morgan fingerprint density at radius 2 is 1.75 bits per heavy atom. The van der Waals surface area contributed by atoms with Crippen molar-refractivity contribution in [3.8, 4) is 0 Å². The van der Waals surface area contributed by atoms with E-state index in [1.165, 1.54) is 5.56 Å². The van der Waals surface area contributed by atoms with Crippen molar-refractivity contribution in [2.45, 2.75) is 6.42 Å². The minimum absolute atomic E-state index is 0.572. The molecule has 16 heavy (non-hydrogen) atoms. The first-order valence-corrected chi connectivity index (χ1v) is 5.14. The highest BCUT2D eigenvalue weighted by Crippen LogP contribution is 1.98. The van der Waals surface area contributed by atoms with Gasteiger partial charge in [-0.3, -0.25) is 0 Å². The molecule has 0 bridgehead atoms. The largest absolute Gasteiger partial charge is 0.384 e. The van der Waals surface area contributed by atoms with E-state index in [1.807, 2.05) is 36.4 Å². The number of nitrogens with zero attached hydrogens (tertiary/aromatic N) is 1. The van der Waals surface area contributed by atoms with Crippen LogP contribution in [0.4, 0.5) is 5.82 Å². The lowest BCUT2D eigenvalue weighted by Crippen LogP contribution is -1.85. The molecule has 1 aromatic heterocycles. The Morgan fingerprint density at radius 3 is 2.19 bits per heavy atom. The predicted molar refractivity (Wildman–Crippen MR) is 69.0 cm³/mol. The van der Waals surface area contributed by atoms with Crippen molar-refractivity contribution < 1.29 is 0 Å². The molecular formula is C14H16N2. The SMILES string of the molecule is C=CCc1ccccc1.Nc1ccccn1. The lowest BCUT2D eigenvalue weighted by atomic mass is 10.2. The number of allylic oxidation sites excluding steroid dienone is 1. The third-order valence-electron chi connectivity index (χ3n) is 1.91. The highest BCUT2D eigenvalue weighted by molar-refractivity contribution is 5.25. The molecule has 0 radical (unpaired) electrons. The molecule has 2 nitrogen and oxygen atoms in total. The van der Waals surface area contributed by atoms with Crippen molar-refractivity contribution in [2.75, 3.05) is 5.73 Å². The second-order valence-electron chi connectivity index (χ2n) is 3.23. The van der Waals surface area contributed by atoms with E-state index in [-0.39, 0.29) is 0 Å². The van der Waals surface area contributed by atoms with Crippen molar-refractivity contribution in [2.24, 2.45) is 0 Å². The van der Waals surface area contributed by atoms with Crippen LogP contribution < -0.4 is 5.73 Å². The van der Waals surface area contributed by atoms with Gasteiger partial charge in [0.1, 0.15) is 5.82 Å². The van der Waals surface area contributed by atoms with Crippen LogP contribution in [-0.4, -0.2) is 4.98 Å². The Balaban J connectivity index is 0.000000165. The van der Waals surface area contributed by atoms with Crippen LogP contribution in [0.5, 0.6) is 0 Å². The van der Waals surface area contributed by atoms with Gasteiger partial charge in [-0.2, -0.15) is 0 Å². The molecule has 2 aromatic rings. The smallest absolute Gasteiger partial charge is 0.123 e. The summed E-state index contributed by atoms with van der Waals surface area (Å²) in [6.07, 6.45) is 4.55. The van der Waals surface area contributed by atoms with E-state index in [0.29, 0.717) is 5.82 Å². The van der Waals surface area contributed by atoms with E-state index in [2.05, 4.69) is 23.7 Å². The van der Waals surface area contributed by atoms with Crippen molar-refractivity contribution in [3.63, 3.8) is 0 Å². The summed E-state index contributed by atoms with van der Waals surface area (Å²) >= 11 is 0. The van der Waals surface area contributed by atoms with Crippen LogP contribution >= 0.6 is 0 Å². The summed E-state index contributed by atoms with van der Waals surface area (Å²) in [5.74, 6) is 0.572. The average Bonchev–Trinajstić information content (AvgIpc) is 2.33. The van der Waals surface area contributed by atoms with Gasteiger partial charge in [0.25, 0.3) is 0 Å². The summed E-state index contributed by atoms with van der Waals surface area (Å²) in [6.45, 7) is 3.66. The first kappa shape index (κ1) is 12.0. The zero-order valence-corrected chi connectivity index (χ0v) is 9.21. The first-order chi connectivity index (χ1) is 7.83. The molecule has 0 fully saturated rings. The number of aromatic nitrogens is 1. The lowest BCUT2D eigenvalue weighted by molar-refractivity contribution is 1.28. The summed E-state index contributed by atoms with van der Waals surface area (Å²) in [5, 5.41) is 0. The van der Waals surface area contributed by atoms with Crippen LogP contribution in [0.25, 0.3) is 0 Å². The maximum Gasteiger partial charge on any atom is 0.123 e. The number of hydrogen-bond donors (Lipinski definition) is 1. The molecule has 0 amide bonds. The van der Waals surface area contributed by atoms with Crippen LogP contribution in [0.15, 0.2) is 67.4 Å². The Labute approximate surface area is 96.5 Å². The first-order valence-electron chi connectivity index (χ1n) is 5.14. The molecule has 1 heterocycles. The summed E-state index contributed by atoms with van der Waals surface area (Å²) in [4.78, 5) is 3.76. The maximum atomic E-state index is 5.25. The molecule has 0 spiro atoms. The lowest BCUT2D eigenvalue weighted by Gasteiger charge is -1.91. The normalized spacial score (nSPS) is 8.75. The summed E-state index contributed by atoms with van der Waals surface area (Å²) in [6, 6.07) is 15.7. The van der Waals surface area contributed by atoms with Crippen molar-refractivity contribution >= 4 is 5.82 Å². The van der Waals surface area contributed by atoms with Gasteiger partial charge in [-0.05, 0) is 24.1 Å². The number of pyridine rings is 1. The van der Waals surface area contributed by atoms with Crippen LogP contribution in [0.3, 0.4) is 0 Å². The third-order valence-corrected chi connectivity index (χ3v) is 1.91. The molecule has 0 atom stereocenters. The van der Waals surface area contributed by atoms with E-state index in [0.717, 1.165) is 6.42 Å². The Morgan fingerprint density at radius 1 is 1.06 bits per heavy atom. The molecule has 0 unspecified atom stereocenters. The third kappa shape index (κ3) is 4.96. The molecular weight excluding hydrogens is 196 g/mol. The van der Waals surface area contributed by atoms with Gasteiger partial charge in [0.15, 0.2) is 0 Å². The average molecular weight is 212 g/mol. The summed E-state index contributed by atoms with van der Waals surface area (Å²) < 4.78 is 0. The van der Waals surface area contributed by atoms with Gasteiger partial charge < -0.3 is 5.73 Å². The fourth-order valence-corrected chi connectivity index (χ4v) is 1.16. The standard InChI is InChI=1S/C9H10.C5H6N2/c1-2-6-9-7-4-3-5-8-9;6-5-3-1-2-4-7-5/h2-5,7-8H,1,6H2;1-4H,(H2,6,7). The van der Waals surface area contributed by atoms with Crippen LogP contribution in [-0.2, 0) is 6.42 Å².